The summed E-state index contributed by atoms with van der Waals surface area (Å²) in [6.07, 6.45) is 3.99. The summed E-state index contributed by atoms with van der Waals surface area (Å²) in [5.41, 5.74) is 1.18. The first-order valence-electron chi connectivity index (χ1n) is 7.43. The summed E-state index contributed by atoms with van der Waals surface area (Å²) in [4.78, 5) is 2.53. The van der Waals surface area contributed by atoms with Crippen molar-refractivity contribution in [3.63, 3.8) is 0 Å². The third-order valence-electron chi connectivity index (χ3n) is 3.75. The van der Waals surface area contributed by atoms with Crippen LogP contribution in [0, 0.1) is 0 Å². The van der Waals surface area contributed by atoms with E-state index in [1.165, 1.54) is 16.9 Å². The molecule has 110 valence electrons. The molecule has 1 atom stereocenters. The van der Waals surface area contributed by atoms with Gasteiger partial charge >= 0.3 is 0 Å². The molecule has 0 spiro atoms. The monoisotopic (exact) mass is 291 g/mol. The van der Waals surface area contributed by atoms with E-state index in [0.29, 0.717) is 0 Å². The van der Waals surface area contributed by atoms with Crippen LogP contribution in [0.1, 0.15) is 12.5 Å². The second-order valence-electron chi connectivity index (χ2n) is 5.14. The lowest BCUT2D eigenvalue weighted by atomic mass is 10.2. The van der Waals surface area contributed by atoms with Gasteiger partial charge in [-0.05, 0) is 18.7 Å². The van der Waals surface area contributed by atoms with Gasteiger partial charge in [0.2, 0.25) is 0 Å². The molecule has 4 heteroatoms. The number of ether oxygens (including phenoxy) is 2. The van der Waals surface area contributed by atoms with Crippen molar-refractivity contribution in [1.82, 2.24) is 4.90 Å². The minimum absolute atomic E-state index is 0.803. The van der Waals surface area contributed by atoms with Crippen molar-refractivity contribution in [2.24, 2.45) is 0 Å². The van der Waals surface area contributed by atoms with E-state index >= 15 is 0 Å². The molecule has 0 bridgehead atoms. The molecule has 0 aromatic heterocycles. The highest BCUT2D eigenvalue weighted by Gasteiger charge is 2.20. The molecule has 1 aliphatic rings. The molecule has 0 radical (unpaired) electrons. The summed E-state index contributed by atoms with van der Waals surface area (Å²) < 4.78 is 11.2. The van der Waals surface area contributed by atoms with Gasteiger partial charge in [-0.15, -0.1) is 0 Å². The van der Waals surface area contributed by atoms with Crippen LogP contribution in [-0.4, -0.2) is 59.0 Å². The lowest BCUT2D eigenvalue weighted by Crippen LogP contribution is -2.49. The van der Waals surface area contributed by atoms with Crippen LogP contribution in [0.3, 0.4) is 0 Å². The van der Waals surface area contributed by atoms with Crippen molar-refractivity contribution in [2.45, 2.75) is 6.92 Å². The van der Waals surface area contributed by atoms with Crippen molar-refractivity contribution >= 4 is 20.1 Å². The van der Waals surface area contributed by atoms with Gasteiger partial charge in [0.15, 0.2) is 0 Å². The fourth-order valence-electron chi connectivity index (χ4n) is 2.51. The third-order valence-corrected chi connectivity index (χ3v) is 6.67. The first-order chi connectivity index (χ1) is 9.83. The third kappa shape index (κ3) is 4.56. The summed E-state index contributed by atoms with van der Waals surface area (Å²) in [5.74, 6) is 0. The molecule has 1 saturated heterocycles. The maximum absolute atomic E-state index is 5.73. The Hall–Kier alpha value is -0.943. The molecular weight excluding hydrogens is 266 g/mol. The van der Waals surface area contributed by atoms with Crippen LogP contribution in [-0.2, 0) is 9.47 Å². The van der Waals surface area contributed by atoms with Gasteiger partial charge in [-0.25, -0.2) is 0 Å². The Labute approximate surface area is 123 Å². The number of rotatable bonds is 7. The van der Waals surface area contributed by atoms with Crippen LogP contribution in [0.5, 0.6) is 0 Å². The van der Waals surface area contributed by atoms with Crippen LogP contribution in [0.4, 0.5) is 0 Å². The van der Waals surface area contributed by atoms with Crippen LogP contribution >= 0.6 is 0 Å². The first-order valence-corrected chi connectivity index (χ1v) is 9.64. The molecule has 3 nitrogen and oxygen atoms in total. The van der Waals surface area contributed by atoms with E-state index in [2.05, 4.69) is 42.7 Å². The van der Waals surface area contributed by atoms with Crippen molar-refractivity contribution in [3.05, 3.63) is 36.4 Å². The zero-order valence-corrected chi connectivity index (χ0v) is 13.5. The van der Waals surface area contributed by atoms with Crippen molar-refractivity contribution < 1.29 is 9.47 Å². The summed E-state index contributed by atoms with van der Waals surface area (Å²) in [5, 5.41) is 1.48. The van der Waals surface area contributed by atoms with E-state index in [1.807, 2.05) is 6.08 Å². The lowest BCUT2D eigenvalue weighted by molar-refractivity contribution is 0.0454. The molecule has 1 aromatic rings. The smallest absolute Gasteiger partial charge is 0.114 e. The molecule has 1 aromatic carbocycles. The Balaban J connectivity index is 2.02. The normalized spacial score (nSPS) is 17.9. The SMILES string of the molecule is C=Cc1ccc([SiH](COCC)CN2CCOCC2)cc1. The van der Waals surface area contributed by atoms with E-state index in [-0.39, 0.29) is 0 Å². The number of nitrogens with zero attached hydrogens (tertiary/aromatic N) is 1. The Morgan fingerprint density at radius 3 is 2.60 bits per heavy atom. The highest BCUT2D eigenvalue weighted by molar-refractivity contribution is 6.73. The average molecular weight is 291 g/mol. The molecule has 0 saturated carbocycles. The van der Waals surface area contributed by atoms with Crippen molar-refractivity contribution in [1.29, 1.82) is 0 Å². The summed E-state index contributed by atoms with van der Waals surface area (Å²) in [6.45, 7) is 10.5. The van der Waals surface area contributed by atoms with Gasteiger partial charge in [0.1, 0.15) is 8.80 Å². The molecular formula is C16H25NO2Si. The topological polar surface area (TPSA) is 21.7 Å². The minimum Gasteiger partial charge on any atom is -0.385 e. The Morgan fingerprint density at radius 2 is 2.00 bits per heavy atom. The van der Waals surface area contributed by atoms with Gasteiger partial charge in [-0.2, -0.15) is 0 Å². The summed E-state index contributed by atoms with van der Waals surface area (Å²) in [6, 6.07) is 8.84. The van der Waals surface area contributed by atoms with Gasteiger partial charge in [-0.1, -0.05) is 42.1 Å². The summed E-state index contributed by atoms with van der Waals surface area (Å²) >= 11 is 0. The molecule has 1 heterocycles. The highest BCUT2D eigenvalue weighted by atomic mass is 28.3. The van der Waals surface area contributed by atoms with Gasteiger partial charge in [0.05, 0.1) is 13.2 Å². The highest BCUT2D eigenvalue weighted by Crippen LogP contribution is 2.03. The number of hydrogen-bond donors (Lipinski definition) is 0. The van der Waals surface area contributed by atoms with E-state index < -0.39 is 8.80 Å². The van der Waals surface area contributed by atoms with E-state index in [1.54, 1.807) is 0 Å². The molecule has 0 aliphatic carbocycles. The van der Waals surface area contributed by atoms with Crippen LogP contribution in [0.2, 0.25) is 0 Å². The fourth-order valence-corrected chi connectivity index (χ4v) is 5.27. The maximum atomic E-state index is 5.73. The molecule has 20 heavy (non-hydrogen) atoms. The maximum Gasteiger partial charge on any atom is 0.114 e. The van der Waals surface area contributed by atoms with Crippen LogP contribution < -0.4 is 5.19 Å². The van der Waals surface area contributed by atoms with Gasteiger partial charge in [-0.3, -0.25) is 0 Å². The van der Waals surface area contributed by atoms with Crippen LogP contribution in [0.25, 0.3) is 6.08 Å². The van der Waals surface area contributed by atoms with Gasteiger partial charge in [0, 0.05) is 25.9 Å². The standard InChI is InChI=1S/C16H25NO2Si/c1-3-15-5-7-16(8-6-15)20(14-18-4-2)13-17-9-11-19-12-10-17/h3,5-8,20H,1,4,9-14H2,2H3. The number of morpholine rings is 1. The van der Waals surface area contributed by atoms with E-state index in [4.69, 9.17) is 9.47 Å². The van der Waals surface area contributed by atoms with E-state index in [0.717, 1.165) is 39.1 Å². The molecule has 1 aliphatic heterocycles. The summed E-state index contributed by atoms with van der Waals surface area (Å²) in [7, 11) is -1.10. The Kier molecular flexibility index (Phi) is 6.46. The predicted octanol–water partition coefficient (Wildman–Crippen LogP) is 1.21. The molecule has 0 amide bonds. The second kappa shape index (κ2) is 8.37. The first kappa shape index (κ1) is 15.4. The molecule has 0 N–H and O–H groups in total. The molecule has 2 rings (SSSR count). The second-order valence-corrected chi connectivity index (χ2v) is 7.90. The number of benzene rings is 1. The zero-order valence-electron chi connectivity index (χ0n) is 12.4. The van der Waals surface area contributed by atoms with Crippen molar-refractivity contribution in [3.8, 4) is 0 Å². The average Bonchev–Trinajstić information content (AvgIpc) is 2.52. The number of hydrogen-bond acceptors (Lipinski definition) is 3. The zero-order chi connectivity index (χ0) is 14.2. The largest absolute Gasteiger partial charge is 0.385 e. The van der Waals surface area contributed by atoms with E-state index in [9.17, 15) is 0 Å². The van der Waals surface area contributed by atoms with Crippen molar-refractivity contribution in [2.75, 3.05) is 45.3 Å². The quantitative estimate of drug-likeness (QED) is 0.705. The lowest BCUT2D eigenvalue weighted by Gasteiger charge is -2.30. The minimum atomic E-state index is -1.10. The Morgan fingerprint density at radius 1 is 1.30 bits per heavy atom. The molecule has 1 unspecified atom stereocenters. The predicted molar refractivity (Wildman–Crippen MR) is 87.1 cm³/mol. The molecule has 1 fully saturated rings. The van der Waals surface area contributed by atoms with Gasteiger partial charge in [0.25, 0.3) is 0 Å². The fraction of sp³-hybridized carbons (Fsp3) is 0.500. The Bertz CT molecular complexity index is 401. The van der Waals surface area contributed by atoms with Gasteiger partial charge < -0.3 is 14.4 Å². The van der Waals surface area contributed by atoms with Crippen LogP contribution in [0.15, 0.2) is 30.8 Å².